The Bertz CT molecular complexity index is 382. The number of thioether (sulfide) groups is 1. The summed E-state index contributed by atoms with van der Waals surface area (Å²) in [6.07, 6.45) is 7.28. The standard InChI is InChI=1S/C16H27NO3S/c1-3-13-6-4-5-9-17(13)14(18)11-21-12-16(7-8-16)10-15(19)20-2/h13H,3-12H2,1-2H3. The van der Waals surface area contributed by atoms with Crippen molar-refractivity contribution in [2.24, 2.45) is 5.41 Å². The van der Waals surface area contributed by atoms with Gasteiger partial charge in [0.1, 0.15) is 0 Å². The molecule has 2 aliphatic rings. The van der Waals surface area contributed by atoms with Gasteiger partial charge >= 0.3 is 5.97 Å². The Morgan fingerprint density at radius 1 is 1.33 bits per heavy atom. The van der Waals surface area contributed by atoms with E-state index in [4.69, 9.17) is 4.74 Å². The highest BCUT2D eigenvalue weighted by Gasteiger charge is 2.44. The van der Waals surface area contributed by atoms with E-state index in [1.807, 2.05) is 0 Å². The summed E-state index contributed by atoms with van der Waals surface area (Å²) in [4.78, 5) is 25.8. The smallest absolute Gasteiger partial charge is 0.306 e. The molecular formula is C16H27NO3S. The van der Waals surface area contributed by atoms with E-state index in [1.165, 1.54) is 13.5 Å². The Balaban J connectivity index is 1.73. The molecule has 21 heavy (non-hydrogen) atoms. The van der Waals surface area contributed by atoms with Gasteiger partial charge in [-0.1, -0.05) is 6.92 Å². The highest BCUT2D eigenvalue weighted by atomic mass is 32.2. The molecule has 5 heteroatoms. The maximum atomic E-state index is 12.4. The molecule has 4 nitrogen and oxygen atoms in total. The van der Waals surface area contributed by atoms with Crippen molar-refractivity contribution >= 4 is 23.6 Å². The molecule has 0 aromatic heterocycles. The van der Waals surface area contributed by atoms with Crippen LogP contribution < -0.4 is 0 Å². The third kappa shape index (κ3) is 4.63. The molecular weight excluding hydrogens is 286 g/mol. The summed E-state index contributed by atoms with van der Waals surface area (Å²) in [6, 6.07) is 0.441. The molecule has 0 aromatic carbocycles. The molecule has 120 valence electrons. The zero-order valence-electron chi connectivity index (χ0n) is 13.2. The Labute approximate surface area is 132 Å². The molecule has 2 rings (SSSR count). The Morgan fingerprint density at radius 2 is 2.10 bits per heavy atom. The highest BCUT2D eigenvalue weighted by molar-refractivity contribution is 7.99. The molecule has 0 spiro atoms. The van der Waals surface area contributed by atoms with Crippen LogP contribution in [0.5, 0.6) is 0 Å². The van der Waals surface area contributed by atoms with E-state index in [0.717, 1.165) is 44.4 Å². The largest absolute Gasteiger partial charge is 0.469 e. The number of carbonyl (C=O) groups is 2. The maximum Gasteiger partial charge on any atom is 0.306 e. The highest BCUT2D eigenvalue weighted by Crippen LogP contribution is 2.51. The summed E-state index contributed by atoms with van der Waals surface area (Å²) in [7, 11) is 1.44. The first-order valence-electron chi connectivity index (χ1n) is 8.04. The lowest BCUT2D eigenvalue weighted by molar-refractivity contribution is -0.141. The van der Waals surface area contributed by atoms with Gasteiger partial charge in [0.15, 0.2) is 0 Å². The van der Waals surface area contributed by atoms with Crippen molar-refractivity contribution in [3.8, 4) is 0 Å². The van der Waals surface area contributed by atoms with Gasteiger partial charge in [-0.05, 0) is 49.7 Å². The minimum absolute atomic E-state index is 0.115. The van der Waals surface area contributed by atoms with Gasteiger partial charge in [-0.2, -0.15) is 11.8 Å². The second-order valence-electron chi connectivity index (χ2n) is 6.39. The fraction of sp³-hybridized carbons (Fsp3) is 0.875. The van der Waals surface area contributed by atoms with Crippen LogP contribution >= 0.6 is 11.8 Å². The molecule has 1 unspecified atom stereocenters. The van der Waals surface area contributed by atoms with Gasteiger partial charge in [0.05, 0.1) is 19.3 Å². The predicted molar refractivity (Wildman–Crippen MR) is 85.3 cm³/mol. The lowest BCUT2D eigenvalue weighted by Gasteiger charge is -2.35. The average molecular weight is 313 g/mol. The minimum atomic E-state index is -0.124. The van der Waals surface area contributed by atoms with Crippen LogP contribution in [0.25, 0.3) is 0 Å². The van der Waals surface area contributed by atoms with E-state index in [2.05, 4.69) is 11.8 Å². The van der Waals surface area contributed by atoms with Crippen molar-refractivity contribution in [2.45, 2.75) is 57.9 Å². The predicted octanol–water partition coefficient (Wildman–Crippen LogP) is 2.85. The monoisotopic (exact) mass is 313 g/mol. The van der Waals surface area contributed by atoms with Crippen molar-refractivity contribution < 1.29 is 14.3 Å². The number of likely N-dealkylation sites (tertiary alicyclic amines) is 1. The second kappa shape index (κ2) is 7.52. The van der Waals surface area contributed by atoms with Gasteiger partial charge < -0.3 is 9.64 Å². The van der Waals surface area contributed by atoms with Gasteiger partial charge in [-0.25, -0.2) is 0 Å². The zero-order chi connectivity index (χ0) is 15.3. The minimum Gasteiger partial charge on any atom is -0.469 e. The van der Waals surface area contributed by atoms with E-state index in [0.29, 0.717) is 18.2 Å². The SMILES string of the molecule is CCC1CCCCN1C(=O)CSCC1(CC(=O)OC)CC1. The zero-order valence-corrected chi connectivity index (χ0v) is 14.0. The Kier molecular flexibility index (Phi) is 5.97. The quantitative estimate of drug-likeness (QED) is 0.678. The van der Waals surface area contributed by atoms with Gasteiger partial charge in [0.25, 0.3) is 0 Å². The molecule has 0 radical (unpaired) electrons. The van der Waals surface area contributed by atoms with Gasteiger partial charge in [0.2, 0.25) is 5.91 Å². The number of carbonyl (C=O) groups excluding carboxylic acids is 2. The number of hydrogen-bond donors (Lipinski definition) is 0. The lowest BCUT2D eigenvalue weighted by atomic mass is 10.0. The van der Waals surface area contributed by atoms with Crippen LogP contribution in [-0.2, 0) is 14.3 Å². The van der Waals surface area contributed by atoms with E-state index in [1.54, 1.807) is 11.8 Å². The molecule has 1 heterocycles. The Hall–Kier alpha value is -0.710. The van der Waals surface area contributed by atoms with Crippen LogP contribution in [0.1, 0.15) is 51.9 Å². The van der Waals surface area contributed by atoms with Crippen LogP contribution in [-0.4, -0.2) is 48.0 Å². The molecule has 1 amide bonds. The molecule has 0 N–H and O–H groups in total. The van der Waals surface area contributed by atoms with Crippen LogP contribution in [0.3, 0.4) is 0 Å². The number of ether oxygens (including phenoxy) is 1. The fourth-order valence-corrected chi connectivity index (χ4v) is 4.38. The molecule has 2 fully saturated rings. The van der Waals surface area contributed by atoms with Crippen molar-refractivity contribution in [2.75, 3.05) is 25.2 Å². The Morgan fingerprint density at radius 3 is 2.71 bits per heavy atom. The lowest BCUT2D eigenvalue weighted by Crippen LogP contribution is -2.44. The van der Waals surface area contributed by atoms with Gasteiger partial charge in [-0.3, -0.25) is 9.59 Å². The normalized spacial score (nSPS) is 23.7. The number of methoxy groups -OCH3 is 1. The summed E-state index contributed by atoms with van der Waals surface area (Å²) in [6.45, 7) is 3.09. The number of esters is 1. The second-order valence-corrected chi connectivity index (χ2v) is 7.38. The van der Waals surface area contributed by atoms with Crippen molar-refractivity contribution in [1.29, 1.82) is 0 Å². The molecule has 1 saturated heterocycles. The molecule has 0 bridgehead atoms. The van der Waals surface area contributed by atoms with E-state index in [9.17, 15) is 9.59 Å². The molecule has 1 atom stereocenters. The van der Waals surface area contributed by atoms with Crippen LogP contribution in [0.15, 0.2) is 0 Å². The van der Waals surface area contributed by atoms with Gasteiger partial charge in [-0.15, -0.1) is 0 Å². The maximum absolute atomic E-state index is 12.4. The summed E-state index contributed by atoms with van der Waals surface area (Å²) in [5.41, 5.74) is 0.115. The summed E-state index contributed by atoms with van der Waals surface area (Å²) in [5.74, 6) is 1.61. The van der Waals surface area contributed by atoms with Crippen molar-refractivity contribution in [1.82, 2.24) is 4.90 Å². The number of rotatable bonds is 7. The van der Waals surface area contributed by atoms with E-state index >= 15 is 0 Å². The van der Waals surface area contributed by atoms with Gasteiger partial charge in [0, 0.05) is 12.6 Å². The third-order valence-corrected chi connectivity index (χ3v) is 6.02. The molecule has 0 aromatic rings. The summed E-state index contributed by atoms with van der Waals surface area (Å²) >= 11 is 1.69. The molecule has 1 saturated carbocycles. The van der Waals surface area contributed by atoms with Crippen LogP contribution in [0.2, 0.25) is 0 Å². The number of nitrogens with zero attached hydrogens (tertiary/aromatic N) is 1. The van der Waals surface area contributed by atoms with E-state index < -0.39 is 0 Å². The van der Waals surface area contributed by atoms with Crippen molar-refractivity contribution in [3.05, 3.63) is 0 Å². The first-order chi connectivity index (χ1) is 10.1. The van der Waals surface area contributed by atoms with Crippen LogP contribution in [0.4, 0.5) is 0 Å². The molecule has 1 aliphatic heterocycles. The first-order valence-corrected chi connectivity index (χ1v) is 9.20. The molecule has 1 aliphatic carbocycles. The summed E-state index contributed by atoms with van der Waals surface area (Å²) in [5, 5.41) is 0. The number of hydrogen-bond acceptors (Lipinski definition) is 4. The number of piperidine rings is 1. The topological polar surface area (TPSA) is 46.6 Å². The first kappa shape index (κ1) is 16.7. The van der Waals surface area contributed by atoms with Crippen LogP contribution in [0, 0.1) is 5.41 Å². The van der Waals surface area contributed by atoms with Crippen molar-refractivity contribution in [3.63, 3.8) is 0 Å². The van der Waals surface area contributed by atoms with E-state index in [-0.39, 0.29) is 17.3 Å². The summed E-state index contributed by atoms with van der Waals surface area (Å²) < 4.78 is 4.75. The fourth-order valence-electron chi connectivity index (χ4n) is 3.12. The number of amides is 1. The third-order valence-electron chi connectivity index (χ3n) is 4.76. The average Bonchev–Trinajstić information content (AvgIpc) is 3.26.